The molecule has 19 heavy (non-hydrogen) atoms. The molecule has 0 atom stereocenters. The number of aryl methyl sites for hydroxylation is 3. The summed E-state index contributed by atoms with van der Waals surface area (Å²) >= 11 is 2.82. The van der Waals surface area contributed by atoms with Gasteiger partial charge in [0, 0.05) is 18.3 Å². The predicted octanol–water partition coefficient (Wildman–Crippen LogP) is 1.77. The molecular formula is C11H14N4O2S2. The van der Waals surface area contributed by atoms with Gasteiger partial charge in [-0.15, -0.1) is 21.5 Å². The lowest BCUT2D eigenvalue weighted by molar-refractivity contribution is -0.133. The molecule has 2 heterocycles. The molecule has 0 aliphatic heterocycles. The van der Waals surface area contributed by atoms with E-state index in [9.17, 15) is 4.79 Å². The summed E-state index contributed by atoms with van der Waals surface area (Å²) in [6.45, 7) is 4.56. The zero-order valence-electron chi connectivity index (χ0n) is 10.7. The van der Waals surface area contributed by atoms with E-state index in [1.165, 1.54) is 11.8 Å². The first-order chi connectivity index (χ1) is 9.06. The molecule has 0 aliphatic carbocycles. The van der Waals surface area contributed by atoms with Gasteiger partial charge in [-0.05, 0) is 13.8 Å². The zero-order chi connectivity index (χ0) is 13.8. The van der Waals surface area contributed by atoms with Crippen LogP contribution in [0.3, 0.4) is 0 Å². The number of aromatic nitrogens is 4. The summed E-state index contributed by atoms with van der Waals surface area (Å²) in [6, 6.07) is 0. The smallest absolute Gasteiger partial charge is 0.313 e. The molecule has 0 amide bonds. The van der Waals surface area contributed by atoms with E-state index in [1.54, 1.807) is 11.3 Å². The minimum absolute atomic E-state index is 0.00601. The van der Waals surface area contributed by atoms with E-state index in [0.717, 1.165) is 22.9 Å². The Morgan fingerprint density at radius 2 is 2.26 bits per heavy atom. The van der Waals surface area contributed by atoms with E-state index < -0.39 is 5.97 Å². The standard InChI is InChI=1S/C11H14N4O2S2/c1-7-13-14-11(19-6-10(16)17)15(7)4-3-9-5-18-8(2)12-9/h5H,3-4,6H2,1-2H3,(H,16,17). The third-order valence-corrected chi connectivity index (χ3v) is 4.26. The number of aliphatic carboxylic acids is 1. The van der Waals surface area contributed by atoms with Crippen LogP contribution in [0.2, 0.25) is 0 Å². The fourth-order valence-electron chi connectivity index (χ4n) is 1.60. The van der Waals surface area contributed by atoms with E-state index in [-0.39, 0.29) is 5.75 Å². The number of thiazole rings is 1. The van der Waals surface area contributed by atoms with Crippen LogP contribution in [0, 0.1) is 13.8 Å². The molecule has 0 saturated carbocycles. The maximum Gasteiger partial charge on any atom is 0.313 e. The molecule has 2 aromatic heterocycles. The third-order valence-electron chi connectivity index (χ3n) is 2.48. The Labute approximate surface area is 118 Å². The lowest BCUT2D eigenvalue weighted by atomic mass is 10.3. The summed E-state index contributed by atoms with van der Waals surface area (Å²) in [5.41, 5.74) is 1.05. The van der Waals surface area contributed by atoms with Crippen LogP contribution in [0.4, 0.5) is 0 Å². The van der Waals surface area contributed by atoms with E-state index >= 15 is 0 Å². The van der Waals surface area contributed by atoms with Gasteiger partial charge >= 0.3 is 5.97 Å². The third kappa shape index (κ3) is 3.77. The molecule has 1 N–H and O–H groups in total. The first-order valence-corrected chi connectivity index (χ1v) is 7.58. The molecule has 0 fully saturated rings. The van der Waals surface area contributed by atoms with Crippen molar-refractivity contribution in [3.63, 3.8) is 0 Å². The van der Waals surface area contributed by atoms with Crippen molar-refractivity contribution in [3.8, 4) is 0 Å². The number of rotatable bonds is 6. The second-order valence-electron chi connectivity index (χ2n) is 3.97. The SMILES string of the molecule is Cc1nc(CCn2c(C)nnc2SCC(=O)O)cs1. The van der Waals surface area contributed by atoms with Crippen LogP contribution in [-0.2, 0) is 17.8 Å². The first kappa shape index (κ1) is 14.0. The molecule has 0 bridgehead atoms. The second kappa shape index (κ2) is 6.16. The topological polar surface area (TPSA) is 80.9 Å². The fraction of sp³-hybridized carbons (Fsp3) is 0.455. The number of carboxylic acids is 1. The minimum atomic E-state index is -0.854. The minimum Gasteiger partial charge on any atom is -0.481 e. The second-order valence-corrected chi connectivity index (χ2v) is 5.98. The molecule has 0 aromatic carbocycles. The molecule has 8 heteroatoms. The van der Waals surface area contributed by atoms with Gasteiger partial charge < -0.3 is 9.67 Å². The number of carboxylic acid groups (broad SMARTS) is 1. The Bertz CT molecular complexity index is 579. The lowest BCUT2D eigenvalue weighted by Gasteiger charge is -2.06. The van der Waals surface area contributed by atoms with Crippen LogP contribution in [0.25, 0.3) is 0 Å². The number of hydrogen-bond acceptors (Lipinski definition) is 6. The molecule has 0 aliphatic rings. The molecule has 2 rings (SSSR count). The Hall–Kier alpha value is -1.41. The monoisotopic (exact) mass is 298 g/mol. The Morgan fingerprint density at radius 1 is 1.47 bits per heavy atom. The molecule has 0 spiro atoms. The number of carbonyl (C=O) groups is 1. The molecule has 6 nitrogen and oxygen atoms in total. The van der Waals surface area contributed by atoms with E-state index in [0.29, 0.717) is 11.7 Å². The van der Waals surface area contributed by atoms with Crippen molar-refractivity contribution in [2.75, 3.05) is 5.75 Å². The van der Waals surface area contributed by atoms with Gasteiger partial charge in [0.25, 0.3) is 0 Å². The van der Waals surface area contributed by atoms with Gasteiger partial charge in [0.1, 0.15) is 5.82 Å². The molecule has 0 radical (unpaired) electrons. The highest BCUT2D eigenvalue weighted by Crippen LogP contribution is 2.17. The van der Waals surface area contributed by atoms with Crippen molar-refractivity contribution in [2.24, 2.45) is 0 Å². The predicted molar refractivity (Wildman–Crippen MR) is 73.7 cm³/mol. The normalized spacial score (nSPS) is 10.8. The highest BCUT2D eigenvalue weighted by molar-refractivity contribution is 7.99. The van der Waals surface area contributed by atoms with Gasteiger partial charge in [-0.3, -0.25) is 4.79 Å². The average Bonchev–Trinajstić information content (AvgIpc) is 2.91. The molecule has 102 valence electrons. The van der Waals surface area contributed by atoms with E-state index in [2.05, 4.69) is 15.2 Å². The Morgan fingerprint density at radius 3 is 2.89 bits per heavy atom. The number of nitrogens with zero attached hydrogens (tertiary/aromatic N) is 4. The van der Waals surface area contributed by atoms with Gasteiger partial charge in [0.2, 0.25) is 0 Å². The van der Waals surface area contributed by atoms with Crippen LogP contribution in [0.15, 0.2) is 10.5 Å². The Kier molecular flexibility index (Phi) is 4.54. The maximum atomic E-state index is 10.6. The highest BCUT2D eigenvalue weighted by Gasteiger charge is 2.11. The van der Waals surface area contributed by atoms with E-state index in [4.69, 9.17) is 5.11 Å². The quantitative estimate of drug-likeness (QED) is 0.819. The highest BCUT2D eigenvalue weighted by atomic mass is 32.2. The summed E-state index contributed by atoms with van der Waals surface area (Å²) in [5, 5.41) is 20.4. The Balaban J connectivity index is 2.02. The summed E-state index contributed by atoms with van der Waals surface area (Å²) in [6.07, 6.45) is 0.795. The van der Waals surface area contributed by atoms with Crippen molar-refractivity contribution in [1.29, 1.82) is 0 Å². The van der Waals surface area contributed by atoms with Crippen molar-refractivity contribution in [2.45, 2.75) is 32.0 Å². The maximum absolute atomic E-state index is 10.6. The summed E-state index contributed by atoms with van der Waals surface area (Å²) in [5.74, 6) is -0.0688. The van der Waals surface area contributed by atoms with Crippen LogP contribution >= 0.6 is 23.1 Å². The largest absolute Gasteiger partial charge is 0.481 e. The van der Waals surface area contributed by atoms with E-state index in [1.807, 2.05) is 23.8 Å². The van der Waals surface area contributed by atoms with Gasteiger partial charge in [-0.25, -0.2) is 4.98 Å². The van der Waals surface area contributed by atoms with Crippen molar-refractivity contribution >= 4 is 29.1 Å². The van der Waals surface area contributed by atoms with Gasteiger partial charge in [0.05, 0.1) is 16.5 Å². The van der Waals surface area contributed by atoms with Crippen LogP contribution < -0.4 is 0 Å². The van der Waals surface area contributed by atoms with Crippen LogP contribution in [0.5, 0.6) is 0 Å². The molecular weight excluding hydrogens is 284 g/mol. The molecule has 0 unspecified atom stereocenters. The molecule has 0 saturated heterocycles. The average molecular weight is 298 g/mol. The summed E-state index contributed by atoms with van der Waals surface area (Å²) in [4.78, 5) is 15.0. The van der Waals surface area contributed by atoms with Crippen LogP contribution in [-0.4, -0.2) is 36.6 Å². The number of hydrogen-bond donors (Lipinski definition) is 1. The molecule has 2 aromatic rings. The van der Waals surface area contributed by atoms with Crippen molar-refractivity contribution in [1.82, 2.24) is 19.7 Å². The van der Waals surface area contributed by atoms with Crippen molar-refractivity contribution < 1.29 is 9.90 Å². The van der Waals surface area contributed by atoms with Crippen LogP contribution in [0.1, 0.15) is 16.5 Å². The lowest BCUT2D eigenvalue weighted by Crippen LogP contribution is -2.07. The summed E-state index contributed by atoms with van der Waals surface area (Å²) in [7, 11) is 0. The number of thioether (sulfide) groups is 1. The first-order valence-electron chi connectivity index (χ1n) is 5.71. The summed E-state index contributed by atoms with van der Waals surface area (Å²) < 4.78 is 1.93. The van der Waals surface area contributed by atoms with Crippen molar-refractivity contribution in [3.05, 3.63) is 21.9 Å². The fourth-order valence-corrected chi connectivity index (χ4v) is 2.98. The van der Waals surface area contributed by atoms with Gasteiger partial charge in [-0.1, -0.05) is 11.8 Å². The zero-order valence-corrected chi connectivity index (χ0v) is 12.3. The van der Waals surface area contributed by atoms with Gasteiger partial charge in [0.15, 0.2) is 5.16 Å². The van der Waals surface area contributed by atoms with Gasteiger partial charge in [-0.2, -0.15) is 0 Å².